The van der Waals surface area contributed by atoms with Crippen molar-refractivity contribution in [2.75, 3.05) is 45.8 Å². The fraction of sp³-hybridized carbons (Fsp3) is 0.636. The molecule has 4 rings (SSSR count). The number of piperidine rings is 1. The molecule has 0 bridgehead atoms. The molecule has 9 heteroatoms. The lowest BCUT2D eigenvalue weighted by Gasteiger charge is -2.36. The molecule has 2 heterocycles. The summed E-state index contributed by atoms with van der Waals surface area (Å²) >= 11 is 0. The van der Waals surface area contributed by atoms with E-state index in [4.69, 9.17) is 0 Å². The molecule has 0 unspecified atom stereocenters. The molecule has 0 atom stereocenters. The van der Waals surface area contributed by atoms with Gasteiger partial charge in [-0.1, -0.05) is 6.07 Å². The van der Waals surface area contributed by atoms with Gasteiger partial charge in [-0.2, -0.15) is 0 Å². The lowest BCUT2D eigenvalue weighted by atomic mass is 10.1. The Balaban J connectivity index is 1.36. The number of hydrogen-bond acceptors (Lipinski definition) is 5. The molecule has 1 aliphatic carbocycles. The number of aryl methyl sites for hydroxylation is 1. The molecule has 31 heavy (non-hydrogen) atoms. The predicted molar refractivity (Wildman–Crippen MR) is 117 cm³/mol. The number of carbonyl (C=O) groups excluding carboxylic acids is 2. The Labute approximate surface area is 184 Å². The van der Waals surface area contributed by atoms with Gasteiger partial charge >= 0.3 is 0 Å². The van der Waals surface area contributed by atoms with Crippen molar-refractivity contribution in [3.05, 3.63) is 29.3 Å². The van der Waals surface area contributed by atoms with Crippen LogP contribution in [0.1, 0.15) is 48.0 Å². The number of likely N-dealkylation sites (tertiary alicyclic amines) is 1. The number of sulfonamides is 1. The first kappa shape index (κ1) is 22.2. The lowest BCUT2D eigenvalue weighted by Crippen LogP contribution is -2.52. The van der Waals surface area contributed by atoms with Gasteiger partial charge in [-0.25, -0.2) is 13.1 Å². The van der Waals surface area contributed by atoms with Crippen molar-refractivity contribution in [2.24, 2.45) is 0 Å². The van der Waals surface area contributed by atoms with E-state index in [9.17, 15) is 18.0 Å². The molecule has 1 N–H and O–H groups in total. The van der Waals surface area contributed by atoms with Gasteiger partial charge < -0.3 is 9.80 Å². The highest BCUT2D eigenvalue weighted by atomic mass is 32.2. The molecule has 2 aliphatic heterocycles. The Morgan fingerprint density at radius 2 is 1.65 bits per heavy atom. The number of hydrogen-bond donors (Lipinski definition) is 1. The fourth-order valence-corrected chi connectivity index (χ4v) is 5.53. The number of piperazine rings is 1. The van der Waals surface area contributed by atoms with Crippen LogP contribution >= 0.6 is 0 Å². The van der Waals surface area contributed by atoms with Gasteiger partial charge in [0.25, 0.3) is 5.91 Å². The molecule has 0 spiro atoms. The standard InChI is InChI=1S/C22H32N4O4S/c1-17-5-8-19(31(29,30)23-18-6-7-18)15-20(17)22(28)26-13-11-24(12-14-26)16-21(27)25-9-3-2-4-10-25/h5,8,15,18,23H,2-4,6-7,9-14,16H2,1H3. The first-order valence-electron chi connectivity index (χ1n) is 11.3. The highest BCUT2D eigenvalue weighted by molar-refractivity contribution is 7.89. The van der Waals surface area contributed by atoms with Crippen LogP contribution in [0.25, 0.3) is 0 Å². The summed E-state index contributed by atoms with van der Waals surface area (Å²) in [5.74, 6) is 0.0272. The first-order chi connectivity index (χ1) is 14.8. The van der Waals surface area contributed by atoms with E-state index < -0.39 is 10.0 Å². The number of amides is 2. The number of carbonyl (C=O) groups is 2. The Bertz CT molecular complexity index is 931. The summed E-state index contributed by atoms with van der Waals surface area (Å²) in [6.07, 6.45) is 5.09. The van der Waals surface area contributed by atoms with E-state index in [1.165, 1.54) is 12.5 Å². The third-order valence-corrected chi connectivity index (χ3v) is 7.89. The monoisotopic (exact) mass is 448 g/mol. The molecule has 3 fully saturated rings. The normalized spacial score (nSPS) is 20.7. The maximum atomic E-state index is 13.1. The zero-order chi connectivity index (χ0) is 22.0. The number of rotatable bonds is 6. The van der Waals surface area contributed by atoms with Crippen LogP contribution < -0.4 is 4.72 Å². The zero-order valence-electron chi connectivity index (χ0n) is 18.2. The molecule has 1 saturated carbocycles. The summed E-state index contributed by atoms with van der Waals surface area (Å²) in [5, 5.41) is 0. The molecule has 2 saturated heterocycles. The summed E-state index contributed by atoms with van der Waals surface area (Å²) in [6, 6.07) is 4.77. The van der Waals surface area contributed by atoms with Gasteiger partial charge in [-0.15, -0.1) is 0 Å². The van der Waals surface area contributed by atoms with E-state index in [0.29, 0.717) is 38.3 Å². The van der Waals surface area contributed by atoms with Crippen molar-refractivity contribution in [3.63, 3.8) is 0 Å². The summed E-state index contributed by atoms with van der Waals surface area (Å²) < 4.78 is 27.8. The lowest BCUT2D eigenvalue weighted by molar-refractivity contribution is -0.133. The minimum atomic E-state index is -3.60. The van der Waals surface area contributed by atoms with Gasteiger partial charge in [0, 0.05) is 50.9 Å². The van der Waals surface area contributed by atoms with Crippen LogP contribution in [-0.4, -0.2) is 86.8 Å². The molecule has 170 valence electrons. The highest BCUT2D eigenvalue weighted by Crippen LogP contribution is 2.24. The van der Waals surface area contributed by atoms with Crippen LogP contribution in [0.15, 0.2) is 23.1 Å². The van der Waals surface area contributed by atoms with Crippen LogP contribution in [0, 0.1) is 6.92 Å². The molecule has 2 amide bonds. The smallest absolute Gasteiger partial charge is 0.254 e. The van der Waals surface area contributed by atoms with E-state index in [1.54, 1.807) is 17.0 Å². The zero-order valence-corrected chi connectivity index (χ0v) is 19.0. The summed E-state index contributed by atoms with van der Waals surface area (Å²) in [7, 11) is -3.60. The minimum Gasteiger partial charge on any atom is -0.342 e. The van der Waals surface area contributed by atoms with Crippen molar-refractivity contribution in [1.82, 2.24) is 19.4 Å². The largest absolute Gasteiger partial charge is 0.342 e. The minimum absolute atomic E-state index is 0.0196. The summed E-state index contributed by atoms with van der Waals surface area (Å²) in [5.41, 5.74) is 1.19. The van der Waals surface area contributed by atoms with E-state index in [-0.39, 0.29) is 22.8 Å². The van der Waals surface area contributed by atoms with E-state index >= 15 is 0 Å². The third-order valence-electron chi connectivity index (χ3n) is 6.38. The second-order valence-electron chi connectivity index (χ2n) is 8.88. The molecule has 0 aromatic heterocycles. The van der Waals surface area contributed by atoms with Crippen molar-refractivity contribution in [1.29, 1.82) is 0 Å². The second-order valence-corrected chi connectivity index (χ2v) is 10.6. The van der Waals surface area contributed by atoms with E-state index in [0.717, 1.165) is 44.3 Å². The van der Waals surface area contributed by atoms with Crippen LogP contribution in [0.2, 0.25) is 0 Å². The maximum absolute atomic E-state index is 13.1. The van der Waals surface area contributed by atoms with Gasteiger partial charge in [0.2, 0.25) is 15.9 Å². The van der Waals surface area contributed by atoms with Crippen LogP contribution in [-0.2, 0) is 14.8 Å². The molecule has 0 radical (unpaired) electrons. The second kappa shape index (κ2) is 9.26. The highest BCUT2D eigenvalue weighted by Gasteiger charge is 2.30. The average Bonchev–Trinajstić information content (AvgIpc) is 3.58. The average molecular weight is 449 g/mol. The summed E-state index contributed by atoms with van der Waals surface area (Å²) in [4.78, 5) is 31.6. The number of nitrogens with zero attached hydrogens (tertiary/aromatic N) is 3. The molecular formula is C22H32N4O4S. The summed E-state index contributed by atoms with van der Waals surface area (Å²) in [6.45, 7) is 6.28. The molecule has 3 aliphatic rings. The van der Waals surface area contributed by atoms with Crippen LogP contribution in [0.5, 0.6) is 0 Å². The molecule has 1 aromatic rings. The predicted octanol–water partition coefficient (Wildman–Crippen LogP) is 1.21. The van der Waals surface area contributed by atoms with Gasteiger partial charge in [-0.05, 0) is 56.7 Å². The maximum Gasteiger partial charge on any atom is 0.254 e. The SMILES string of the molecule is Cc1ccc(S(=O)(=O)NC2CC2)cc1C(=O)N1CCN(CC(=O)N2CCCCC2)CC1. The molecule has 1 aromatic carbocycles. The molecular weight excluding hydrogens is 416 g/mol. The third kappa shape index (κ3) is 5.45. The number of benzene rings is 1. The van der Waals surface area contributed by atoms with Crippen LogP contribution in [0.4, 0.5) is 0 Å². The van der Waals surface area contributed by atoms with Crippen molar-refractivity contribution >= 4 is 21.8 Å². The fourth-order valence-electron chi connectivity index (χ4n) is 4.20. The van der Waals surface area contributed by atoms with Gasteiger partial charge in [-0.3, -0.25) is 14.5 Å². The first-order valence-corrected chi connectivity index (χ1v) is 12.7. The Kier molecular flexibility index (Phi) is 6.64. The van der Waals surface area contributed by atoms with E-state index in [1.807, 2.05) is 11.8 Å². The Hall–Kier alpha value is -1.97. The van der Waals surface area contributed by atoms with E-state index in [2.05, 4.69) is 9.62 Å². The van der Waals surface area contributed by atoms with Crippen molar-refractivity contribution in [2.45, 2.75) is 50.0 Å². The van der Waals surface area contributed by atoms with Gasteiger partial charge in [0.05, 0.1) is 11.4 Å². The molecule has 8 nitrogen and oxygen atoms in total. The van der Waals surface area contributed by atoms with Crippen molar-refractivity contribution in [3.8, 4) is 0 Å². The number of nitrogens with one attached hydrogen (secondary N) is 1. The Morgan fingerprint density at radius 1 is 0.968 bits per heavy atom. The quantitative estimate of drug-likeness (QED) is 0.707. The van der Waals surface area contributed by atoms with Gasteiger partial charge in [0.1, 0.15) is 0 Å². The van der Waals surface area contributed by atoms with Gasteiger partial charge in [0.15, 0.2) is 0 Å². The Morgan fingerprint density at radius 3 is 2.29 bits per heavy atom. The van der Waals surface area contributed by atoms with Crippen LogP contribution in [0.3, 0.4) is 0 Å². The topological polar surface area (TPSA) is 90.0 Å². The van der Waals surface area contributed by atoms with Crippen molar-refractivity contribution < 1.29 is 18.0 Å².